The van der Waals surface area contributed by atoms with Crippen LogP contribution in [0.5, 0.6) is 5.75 Å². The molecule has 1 aromatic carbocycles. The number of amides is 1. The van der Waals surface area contributed by atoms with Crippen LogP contribution in [0.1, 0.15) is 18.4 Å². The highest BCUT2D eigenvalue weighted by atomic mass is 16.5. The second-order valence-corrected chi connectivity index (χ2v) is 4.95. The van der Waals surface area contributed by atoms with Crippen LogP contribution in [0.3, 0.4) is 0 Å². The SMILES string of the molecule is CN1C(=O)CCc2cccc(OC3CCNC3)c21. The van der Waals surface area contributed by atoms with Gasteiger partial charge in [-0.05, 0) is 31.0 Å². The van der Waals surface area contributed by atoms with E-state index in [-0.39, 0.29) is 12.0 Å². The van der Waals surface area contributed by atoms with E-state index in [0.29, 0.717) is 6.42 Å². The molecule has 2 heterocycles. The molecule has 1 fully saturated rings. The molecular weight excluding hydrogens is 228 g/mol. The van der Waals surface area contributed by atoms with Gasteiger partial charge in [0.1, 0.15) is 11.9 Å². The molecule has 3 rings (SSSR count). The van der Waals surface area contributed by atoms with E-state index in [4.69, 9.17) is 4.74 Å². The van der Waals surface area contributed by atoms with E-state index >= 15 is 0 Å². The van der Waals surface area contributed by atoms with E-state index in [2.05, 4.69) is 11.4 Å². The molecule has 0 spiro atoms. The molecule has 1 aromatic rings. The van der Waals surface area contributed by atoms with Gasteiger partial charge in [-0.15, -0.1) is 0 Å². The molecule has 0 aliphatic carbocycles. The fraction of sp³-hybridized carbons (Fsp3) is 0.500. The first-order valence-corrected chi connectivity index (χ1v) is 6.51. The zero-order chi connectivity index (χ0) is 12.5. The Morgan fingerprint density at radius 2 is 2.28 bits per heavy atom. The van der Waals surface area contributed by atoms with Gasteiger partial charge in [0, 0.05) is 20.0 Å². The van der Waals surface area contributed by atoms with Gasteiger partial charge in [0.15, 0.2) is 0 Å². The topological polar surface area (TPSA) is 41.6 Å². The van der Waals surface area contributed by atoms with E-state index in [1.165, 1.54) is 5.56 Å². The Balaban J connectivity index is 1.92. The van der Waals surface area contributed by atoms with Crippen LogP contribution < -0.4 is 15.0 Å². The van der Waals surface area contributed by atoms with E-state index in [0.717, 1.165) is 37.4 Å². The second-order valence-electron chi connectivity index (χ2n) is 4.95. The zero-order valence-corrected chi connectivity index (χ0v) is 10.6. The fourth-order valence-corrected chi connectivity index (χ4v) is 2.69. The lowest BCUT2D eigenvalue weighted by Crippen LogP contribution is -2.32. The predicted molar refractivity (Wildman–Crippen MR) is 70.1 cm³/mol. The summed E-state index contributed by atoms with van der Waals surface area (Å²) >= 11 is 0. The molecular formula is C14H18N2O2. The number of anilines is 1. The molecule has 1 saturated heterocycles. The minimum absolute atomic E-state index is 0.170. The number of aryl methyl sites for hydroxylation is 1. The van der Waals surface area contributed by atoms with Gasteiger partial charge < -0.3 is 15.0 Å². The Morgan fingerprint density at radius 1 is 1.39 bits per heavy atom. The lowest BCUT2D eigenvalue weighted by Gasteiger charge is -2.28. The summed E-state index contributed by atoms with van der Waals surface area (Å²) in [7, 11) is 1.83. The van der Waals surface area contributed by atoms with Crippen molar-refractivity contribution < 1.29 is 9.53 Å². The smallest absolute Gasteiger partial charge is 0.227 e. The lowest BCUT2D eigenvalue weighted by molar-refractivity contribution is -0.118. The molecule has 1 N–H and O–H groups in total. The normalized spacial score (nSPS) is 23.1. The number of hydrogen-bond donors (Lipinski definition) is 1. The maximum absolute atomic E-state index is 11.8. The Kier molecular flexibility index (Phi) is 2.96. The first-order valence-electron chi connectivity index (χ1n) is 6.51. The first-order chi connectivity index (χ1) is 8.75. The van der Waals surface area contributed by atoms with E-state index < -0.39 is 0 Å². The highest BCUT2D eigenvalue weighted by molar-refractivity contribution is 5.97. The number of ether oxygens (including phenoxy) is 1. The predicted octanol–water partition coefficient (Wildman–Crippen LogP) is 1.34. The number of carbonyl (C=O) groups excluding carboxylic acids is 1. The van der Waals surface area contributed by atoms with Gasteiger partial charge in [-0.3, -0.25) is 4.79 Å². The Labute approximate surface area is 107 Å². The summed E-state index contributed by atoms with van der Waals surface area (Å²) in [5.41, 5.74) is 2.17. The lowest BCUT2D eigenvalue weighted by atomic mass is 10.0. The maximum atomic E-state index is 11.8. The summed E-state index contributed by atoms with van der Waals surface area (Å²) in [6.45, 7) is 1.90. The van der Waals surface area contributed by atoms with Crippen molar-refractivity contribution in [3.05, 3.63) is 23.8 Å². The average molecular weight is 246 g/mol. The van der Waals surface area contributed by atoms with Crippen LogP contribution in [0.15, 0.2) is 18.2 Å². The van der Waals surface area contributed by atoms with Gasteiger partial charge in [0.05, 0.1) is 5.69 Å². The highest BCUT2D eigenvalue weighted by Crippen LogP contribution is 2.36. The van der Waals surface area contributed by atoms with Gasteiger partial charge in [-0.2, -0.15) is 0 Å². The van der Waals surface area contributed by atoms with Crippen LogP contribution in [0.2, 0.25) is 0 Å². The van der Waals surface area contributed by atoms with Gasteiger partial charge >= 0.3 is 0 Å². The quantitative estimate of drug-likeness (QED) is 0.856. The van der Waals surface area contributed by atoms with Gasteiger partial charge in [-0.25, -0.2) is 0 Å². The molecule has 1 atom stereocenters. The fourth-order valence-electron chi connectivity index (χ4n) is 2.69. The number of rotatable bonds is 2. The van der Waals surface area contributed by atoms with Crippen LogP contribution in [0.25, 0.3) is 0 Å². The Morgan fingerprint density at radius 3 is 3.06 bits per heavy atom. The number of carbonyl (C=O) groups is 1. The summed E-state index contributed by atoms with van der Waals surface area (Å²) < 4.78 is 6.04. The molecule has 18 heavy (non-hydrogen) atoms. The number of para-hydroxylation sites is 1. The first kappa shape index (κ1) is 11.5. The molecule has 1 unspecified atom stereocenters. The van der Waals surface area contributed by atoms with Crippen molar-refractivity contribution in [3.8, 4) is 5.75 Å². The largest absolute Gasteiger partial charge is 0.487 e. The highest BCUT2D eigenvalue weighted by Gasteiger charge is 2.26. The van der Waals surface area contributed by atoms with Crippen LogP contribution in [-0.2, 0) is 11.2 Å². The van der Waals surface area contributed by atoms with Gasteiger partial charge in [-0.1, -0.05) is 12.1 Å². The van der Waals surface area contributed by atoms with Crippen LogP contribution in [0, 0.1) is 0 Å². The molecule has 4 nitrogen and oxygen atoms in total. The van der Waals surface area contributed by atoms with Crippen LogP contribution in [0.4, 0.5) is 5.69 Å². The number of benzene rings is 1. The van der Waals surface area contributed by atoms with Crippen molar-refractivity contribution >= 4 is 11.6 Å². The molecule has 2 aliphatic heterocycles. The van der Waals surface area contributed by atoms with Crippen molar-refractivity contribution in [2.24, 2.45) is 0 Å². The minimum atomic E-state index is 0.170. The Bertz CT molecular complexity index is 467. The van der Waals surface area contributed by atoms with Crippen molar-refractivity contribution in [1.82, 2.24) is 5.32 Å². The van der Waals surface area contributed by atoms with Gasteiger partial charge in [0.25, 0.3) is 0 Å². The number of hydrogen-bond acceptors (Lipinski definition) is 3. The summed E-state index contributed by atoms with van der Waals surface area (Å²) in [6.07, 6.45) is 2.67. The molecule has 96 valence electrons. The van der Waals surface area contributed by atoms with Crippen molar-refractivity contribution in [3.63, 3.8) is 0 Å². The van der Waals surface area contributed by atoms with Crippen molar-refractivity contribution in [1.29, 1.82) is 0 Å². The van der Waals surface area contributed by atoms with Crippen LogP contribution >= 0.6 is 0 Å². The molecule has 0 saturated carbocycles. The molecule has 1 amide bonds. The standard InChI is InChI=1S/C14H18N2O2/c1-16-13(17)6-5-10-3-2-4-12(14(10)16)18-11-7-8-15-9-11/h2-4,11,15H,5-9H2,1H3. The van der Waals surface area contributed by atoms with Crippen LogP contribution in [-0.4, -0.2) is 32.1 Å². The Hall–Kier alpha value is -1.55. The number of nitrogens with zero attached hydrogens (tertiary/aromatic N) is 1. The zero-order valence-electron chi connectivity index (χ0n) is 10.6. The summed E-state index contributed by atoms with van der Waals surface area (Å²) in [5.74, 6) is 1.01. The number of nitrogens with one attached hydrogen (secondary N) is 1. The van der Waals surface area contributed by atoms with Gasteiger partial charge in [0.2, 0.25) is 5.91 Å². The van der Waals surface area contributed by atoms with E-state index in [1.54, 1.807) is 4.90 Å². The minimum Gasteiger partial charge on any atom is -0.487 e. The number of fused-ring (bicyclic) bond motifs is 1. The maximum Gasteiger partial charge on any atom is 0.227 e. The summed E-state index contributed by atoms with van der Waals surface area (Å²) in [4.78, 5) is 13.5. The molecule has 0 bridgehead atoms. The third-order valence-electron chi connectivity index (χ3n) is 3.71. The monoisotopic (exact) mass is 246 g/mol. The van der Waals surface area contributed by atoms with E-state index in [9.17, 15) is 4.79 Å². The molecule has 2 aliphatic rings. The molecule has 4 heteroatoms. The molecule has 0 radical (unpaired) electrons. The molecule has 0 aromatic heterocycles. The van der Waals surface area contributed by atoms with Crippen molar-refractivity contribution in [2.45, 2.75) is 25.4 Å². The third kappa shape index (κ3) is 1.97. The average Bonchev–Trinajstić information content (AvgIpc) is 2.87. The van der Waals surface area contributed by atoms with Crippen molar-refractivity contribution in [2.75, 3.05) is 25.0 Å². The third-order valence-corrected chi connectivity index (χ3v) is 3.71. The summed E-state index contributed by atoms with van der Waals surface area (Å²) in [6, 6.07) is 6.06. The second kappa shape index (κ2) is 4.61. The van der Waals surface area contributed by atoms with E-state index in [1.807, 2.05) is 19.2 Å². The summed E-state index contributed by atoms with van der Waals surface area (Å²) in [5, 5.41) is 3.29.